The minimum atomic E-state index is -0.642. The first-order valence-corrected chi connectivity index (χ1v) is 6.32. The molecule has 1 aromatic carbocycles. The van der Waals surface area contributed by atoms with Gasteiger partial charge in [0.25, 0.3) is 11.1 Å². The summed E-state index contributed by atoms with van der Waals surface area (Å²) in [7, 11) is 0. The summed E-state index contributed by atoms with van der Waals surface area (Å²) in [4.78, 5) is 27.2. The van der Waals surface area contributed by atoms with Gasteiger partial charge in [0.05, 0.1) is 12.1 Å². The molecule has 1 aliphatic heterocycles. The number of nitrogens with one attached hydrogen (secondary N) is 1. The molecular formula is C11H9ClN2O2S. The van der Waals surface area contributed by atoms with E-state index in [1.165, 1.54) is 17.8 Å². The Morgan fingerprint density at radius 2 is 2.00 bits per heavy atom. The second kappa shape index (κ2) is 5.33. The summed E-state index contributed by atoms with van der Waals surface area (Å²) in [6, 6.07) is 6.43. The third-order valence-corrected chi connectivity index (χ3v) is 3.28. The molecule has 0 aliphatic carbocycles. The monoisotopic (exact) mass is 268 g/mol. The van der Waals surface area contributed by atoms with Gasteiger partial charge in [-0.25, -0.2) is 0 Å². The Kier molecular flexibility index (Phi) is 3.81. The van der Waals surface area contributed by atoms with Crippen molar-refractivity contribution in [3.05, 3.63) is 35.4 Å². The zero-order chi connectivity index (χ0) is 12.3. The van der Waals surface area contributed by atoms with E-state index >= 15 is 0 Å². The quantitative estimate of drug-likeness (QED) is 0.834. The summed E-state index contributed by atoms with van der Waals surface area (Å²) >= 11 is 6.89. The van der Waals surface area contributed by atoms with Gasteiger partial charge in [-0.3, -0.25) is 14.6 Å². The minimum Gasteiger partial charge on any atom is -0.301 e. The molecule has 17 heavy (non-hydrogen) atoms. The van der Waals surface area contributed by atoms with E-state index in [0.717, 1.165) is 5.75 Å². The summed E-state index contributed by atoms with van der Waals surface area (Å²) in [5.41, 5.74) is 0.470. The second-order valence-electron chi connectivity index (χ2n) is 3.31. The van der Waals surface area contributed by atoms with Crippen LogP contribution in [-0.4, -0.2) is 28.6 Å². The van der Waals surface area contributed by atoms with E-state index in [9.17, 15) is 9.59 Å². The Morgan fingerprint density at radius 3 is 2.59 bits per heavy atom. The Bertz CT molecular complexity index is 502. The molecule has 1 aromatic rings. The summed E-state index contributed by atoms with van der Waals surface area (Å²) in [5.74, 6) is 0.508. The Morgan fingerprint density at radius 1 is 1.29 bits per heavy atom. The number of benzene rings is 1. The van der Waals surface area contributed by atoms with Crippen molar-refractivity contribution in [1.29, 1.82) is 0 Å². The summed E-state index contributed by atoms with van der Waals surface area (Å²) in [6.45, 7) is 0.705. The van der Waals surface area contributed by atoms with Crippen LogP contribution in [0, 0.1) is 0 Å². The molecule has 0 spiro atoms. The van der Waals surface area contributed by atoms with Crippen LogP contribution >= 0.6 is 23.4 Å². The van der Waals surface area contributed by atoms with Crippen LogP contribution in [0.1, 0.15) is 20.7 Å². The van der Waals surface area contributed by atoms with Crippen molar-refractivity contribution < 1.29 is 9.59 Å². The largest absolute Gasteiger partial charge is 0.301 e. The van der Waals surface area contributed by atoms with E-state index in [4.69, 9.17) is 11.6 Å². The van der Waals surface area contributed by atoms with Gasteiger partial charge >= 0.3 is 0 Å². The lowest BCUT2D eigenvalue weighted by atomic mass is 10.1. The van der Waals surface area contributed by atoms with E-state index in [1.807, 2.05) is 0 Å². The molecule has 0 aromatic heterocycles. The SMILES string of the molecule is O=C(Cl)c1ccccc1C(=O)NC1=NCCS1. The van der Waals surface area contributed by atoms with Gasteiger partial charge in [-0.15, -0.1) is 0 Å². The Labute approximate surface area is 107 Å². The van der Waals surface area contributed by atoms with E-state index in [-0.39, 0.29) is 17.0 Å². The molecule has 88 valence electrons. The first-order valence-electron chi connectivity index (χ1n) is 4.96. The number of hydrogen-bond acceptors (Lipinski definition) is 4. The molecule has 0 atom stereocenters. The molecule has 0 radical (unpaired) electrons. The van der Waals surface area contributed by atoms with E-state index in [2.05, 4.69) is 10.3 Å². The standard InChI is InChI=1S/C11H9ClN2O2S/c12-9(15)7-3-1-2-4-8(7)10(16)14-11-13-5-6-17-11/h1-4H,5-6H2,(H,13,14,16). The predicted octanol–water partition coefficient (Wildman–Crippen LogP) is 1.90. The van der Waals surface area contributed by atoms with Crippen molar-refractivity contribution in [2.45, 2.75) is 0 Å². The number of amidine groups is 1. The normalized spacial score (nSPS) is 14.3. The number of rotatable bonds is 2. The molecule has 0 fully saturated rings. The van der Waals surface area contributed by atoms with Crippen LogP contribution in [0.3, 0.4) is 0 Å². The summed E-state index contributed by atoms with van der Waals surface area (Å²) in [5, 5.41) is 2.60. The molecule has 4 nitrogen and oxygen atoms in total. The molecule has 0 unspecified atom stereocenters. The molecule has 2 rings (SSSR count). The zero-order valence-electron chi connectivity index (χ0n) is 8.77. The van der Waals surface area contributed by atoms with E-state index in [0.29, 0.717) is 11.7 Å². The van der Waals surface area contributed by atoms with Gasteiger partial charge < -0.3 is 5.32 Å². The van der Waals surface area contributed by atoms with Gasteiger partial charge in [0, 0.05) is 11.3 Å². The molecule has 0 bridgehead atoms. The fraction of sp³-hybridized carbons (Fsp3) is 0.182. The van der Waals surface area contributed by atoms with Crippen LogP contribution in [0.5, 0.6) is 0 Å². The van der Waals surface area contributed by atoms with Crippen LogP contribution < -0.4 is 5.32 Å². The lowest BCUT2D eigenvalue weighted by Gasteiger charge is -2.06. The highest BCUT2D eigenvalue weighted by Gasteiger charge is 2.17. The van der Waals surface area contributed by atoms with Crippen LogP contribution in [0.25, 0.3) is 0 Å². The van der Waals surface area contributed by atoms with Crippen LogP contribution in [0.15, 0.2) is 29.3 Å². The van der Waals surface area contributed by atoms with Crippen molar-refractivity contribution in [1.82, 2.24) is 5.32 Å². The molecule has 6 heteroatoms. The molecule has 0 saturated carbocycles. The van der Waals surface area contributed by atoms with Crippen molar-refractivity contribution in [3.8, 4) is 0 Å². The maximum absolute atomic E-state index is 11.9. The van der Waals surface area contributed by atoms with Gasteiger partial charge in [0.1, 0.15) is 0 Å². The lowest BCUT2D eigenvalue weighted by molar-refractivity contribution is 0.0969. The van der Waals surface area contributed by atoms with Gasteiger partial charge in [-0.1, -0.05) is 23.9 Å². The first-order chi connectivity index (χ1) is 8.18. The van der Waals surface area contributed by atoms with Crippen molar-refractivity contribution >= 4 is 39.7 Å². The van der Waals surface area contributed by atoms with E-state index in [1.54, 1.807) is 18.2 Å². The smallest absolute Gasteiger partial charge is 0.257 e. The zero-order valence-corrected chi connectivity index (χ0v) is 10.3. The third kappa shape index (κ3) is 2.87. The second-order valence-corrected chi connectivity index (χ2v) is 4.74. The molecule has 1 heterocycles. The molecular weight excluding hydrogens is 260 g/mol. The molecule has 0 saturated heterocycles. The minimum absolute atomic E-state index is 0.204. The van der Waals surface area contributed by atoms with Crippen molar-refractivity contribution in [3.63, 3.8) is 0 Å². The topological polar surface area (TPSA) is 58.5 Å². The Hall–Kier alpha value is -1.33. The first kappa shape index (κ1) is 12.1. The Balaban J connectivity index is 2.21. The highest BCUT2D eigenvalue weighted by Crippen LogP contribution is 2.14. The fourth-order valence-corrected chi connectivity index (χ4v) is 2.32. The lowest BCUT2D eigenvalue weighted by Crippen LogP contribution is -2.28. The van der Waals surface area contributed by atoms with Gasteiger partial charge in [-0.05, 0) is 23.7 Å². The number of aliphatic imine (C=N–C) groups is 1. The number of thioether (sulfide) groups is 1. The number of carbonyl (C=O) groups excluding carboxylic acids is 2. The maximum atomic E-state index is 11.9. The van der Waals surface area contributed by atoms with Crippen molar-refractivity contribution in [2.24, 2.45) is 4.99 Å². The van der Waals surface area contributed by atoms with Crippen molar-refractivity contribution in [2.75, 3.05) is 12.3 Å². The van der Waals surface area contributed by atoms with Gasteiger partial charge in [0.2, 0.25) is 0 Å². The summed E-state index contributed by atoms with van der Waals surface area (Å²) < 4.78 is 0. The number of halogens is 1. The van der Waals surface area contributed by atoms with E-state index < -0.39 is 5.24 Å². The van der Waals surface area contributed by atoms with Gasteiger partial charge in [-0.2, -0.15) is 0 Å². The highest BCUT2D eigenvalue weighted by atomic mass is 35.5. The van der Waals surface area contributed by atoms with Gasteiger partial charge in [0.15, 0.2) is 5.17 Å². The highest BCUT2D eigenvalue weighted by molar-refractivity contribution is 8.14. The van der Waals surface area contributed by atoms with Crippen LogP contribution in [0.2, 0.25) is 0 Å². The average Bonchev–Trinajstić information content (AvgIpc) is 2.81. The summed E-state index contributed by atoms with van der Waals surface area (Å²) in [6.07, 6.45) is 0. The number of amides is 1. The van der Waals surface area contributed by atoms with Crippen LogP contribution in [0.4, 0.5) is 0 Å². The number of hydrogen-bond donors (Lipinski definition) is 1. The predicted molar refractivity (Wildman–Crippen MR) is 68.9 cm³/mol. The molecule has 1 amide bonds. The number of carbonyl (C=O) groups is 2. The maximum Gasteiger partial charge on any atom is 0.257 e. The fourth-order valence-electron chi connectivity index (χ4n) is 1.43. The molecule has 1 aliphatic rings. The average molecular weight is 269 g/mol. The molecule has 1 N–H and O–H groups in total. The van der Waals surface area contributed by atoms with Crippen LogP contribution in [-0.2, 0) is 0 Å². The number of nitrogens with zero attached hydrogens (tertiary/aromatic N) is 1. The third-order valence-electron chi connectivity index (χ3n) is 2.19.